The Morgan fingerprint density at radius 2 is 1.76 bits per heavy atom. The molecule has 1 fully saturated rings. The monoisotopic (exact) mass is 529 g/mol. The van der Waals surface area contributed by atoms with Crippen LogP contribution in [0, 0.1) is 13.8 Å². The van der Waals surface area contributed by atoms with E-state index in [-0.39, 0.29) is 24.2 Å². The summed E-state index contributed by atoms with van der Waals surface area (Å²) in [7, 11) is -2.38. The summed E-state index contributed by atoms with van der Waals surface area (Å²) in [5.74, 6) is -0.307. The molecule has 2 aromatic rings. The lowest BCUT2D eigenvalue weighted by atomic mass is 10.1. The van der Waals surface area contributed by atoms with Crippen molar-refractivity contribution >= 4 is 27.5 Å². The molecule has 0 bridgehead atoms. The average molecular weight is 530 g/mol. The zero-order valence-electron chi connectivity index (χ0n) is 22.5. The number of hydrogen-bond acceptors (Lipinski definition) is 5. The molecule has 1 aliphatic carbocycles. The Kier molecular flexibility index (Phi) is 9.59. The van der Waals surface area contributed by atoms with Gasteiger partial charge in [0.2, 0.25) is 21.8 Å². The van der Waals surface area contributed by atoms with Crippen molar-refractivity contribution in [2.45, 2.75) is 71.5 Å². The Morgan fingerprint density at radius 3 is 2.35 bits per heavy atom. The molecular weight excluding hydrogens is 490 g/mol. The lowest BCUT2D eigenvalue weighted by molar-refractivity contribution is -0.140. The molecule has 1 atom stereocenters. The number of sulfonamides is 1. The largest absolute Gasteiger partial charge is 0.495 e. The number of methoxy groups -OCH3 is 1. The van der Waals surface area contributed by atoms with Crippen LogP contribution in [0.5, 0.6) is 5.75 Å². The standard InChI is InChI=1S/C28H39N3O5S/c1-6-24(28(33)29-23-12-7-8-13-23)30(18-22-11-9-10-20(2)16-22)27(32)19-31(37(5,34)35)25-17-21(3)14-15-26(25)36-4/h9-11,14-17,23-24H,6-8,12-13,18-19H2,1-5H3,(H,29,33). The van der Waals surface area contributed by atoms with Crippen molar-refractivity contribution in [3.63, 3.8) is 0 Å². The Hall–Kier alpha value is -3.07. The third-order valence-corrected chi connectivity index (χ3v) is 7.93. The fourth-order valence-electron chi connectivity index (χ4n) is 4.88. The molecule has 202 valence electrons. The van der Waals surface area contributed by atoms with Gasteiger partial charge in [0.15, 0.2) is 0 Å². The van der Waals surface area contributed by atoms with E-state index in [9.17, 15) is 18.0 Å². The third kappa shape index (κ3) is 7.47. The van der Waals surface area contributed by atoms with Gasteiger partial charge >= 0.3 is 0 Å². The highest BCUT2D eigenvalue weighted by molar-refractivity contribution is 7.92. The number of nitrogens with zero attached hydrogens (tertiary/aromatic N) is 2. The van der Waals surface area contributed by atoms with Crippen molar-refractivity contribution < 1.29 is 22.7 Å². The van der Waals surface area contributed by atoms with Crippen molar-refractivity contribution in [1.29, 1.82) is 0 Å². The molecule has 1 N–H and O–H groups in total. The first-order valence-corrected chi connectivity index (χ1v) is 14.7. The number of benzene rings is 2. The van der Waals surface area contributed by atoms with Gasteiger partial charge in [-0.15, -0.1) is 0 Å². The van der Waals surface area contributed by atoms with Gasteiger partial charge in [-0.3, -0.25) is 13.9 Å². The number of ether oxygens (including phenoxy) is 1. The summed E-state index contributed by atoms with van der Waals surface area (Å²) in [5.41, 5.74) is 3.03. The summed E-state index contributed by atoms with van der Waals surface area (Å²) in [6, 6.07) is 12.3. The molecular formula is C28H39N3O5S. The fraction of sp³-hybridized carbons (Fsp3) is 0.500. The van der Waals surface area contributed by atoms with E-state index in [1.54, 1.807) is 12.1 Å². The molecule has 8 nitrogen and oxygen atoms in total. The normalized spacial score (nSPS) is 14.7. The van der Waals surface area contributed by atoms with Crippen LogP contribution in [0.3, 0.4) is 0 Å². The molecule has 1 saturated carbocycles. The van der Waals surface area contributed by atoms with Gasteiger partial charge in [-0.05, 0) is 56.4 Å². The first kappa shape index (κ1) is 28.5. The number of hydrogen-bond donors (Lipinski definition) is 1. The SMILES string of the molecule is CCC(C(=O)NC1CCCC1)N(Cc1cccc(C)c1)C(=O)CN(c1cc(C)ccc1OC)S(C)(=O)=O. The molecule has 2 aromatic carbocycles. The van der Waals surface area contributed by atoms with E-state index >= 15 is 0 Å². The molecule has 3 rings (SSSR count). The summed E-state index contributed by atoms with van der Waals surface area (Å²) in [6.07, 6.45) is 5.50. The predicted molar refractivity (Wildman–Crippen MR) is 146 cm³/mol. The molecule has 0 radical (unpaired) electrons. The van der Waals surface area contributed by atoms with Gasteiger partial charge in [0.05, 0.1) is 19.1 Å². The smallest absolute Gasteiger partial charge is 0.244 e. The van der Waals surface area contributed by atoms with Crippen LogP contribution in [-0.4, -0.2) is 57.1 Å². The van der Waals surface area contributed by atoms with Gasteiger partial charge in [-0.25, -0.2) is 8.42 Å². The van der Waals surface area contributed by atoms with Gasteiger partial charge in [-0.2, -0.15) is 0 Å². The van der Waals surface area contributed by atoms with Crippen molar-refractivity contribution in [2.24, 2.45) is 0 Å². The number of carbonyl (C=O) groups excluding carboxylic acids is 2. The summed E-state index contributed by atoms with van der Waals surface area (Å²) in [5, 5.41) is 3.12. The minimum absolute atomic E-state index is 0.113. The van der Waals surface area contributed by atoms with Crippen molar-refractivity contribution in [2.75, 3.05) is 24.2 Å². The van der Waals surface area contributed by atoms with E-state index in [2.05, 4.69) is 5.32 Å². The van der Waals surface area contributed by atoms with Crippen LogP contribution in [0.1, 0.15) is 55.7 Å². The van der Waals surface area contributed by atoms with Gasteiger partial charge in [0.25, 0.3) is 0 Å². The number of aryl methyl sites for hydroxylation is 2. The van der Waals surface area contributed by atoms with Crippen LogP contribution in [-0.2, 0) is 26.2 Å². The first-order valence-electron chi connectivity index (χ1n) is 12.8. The lowest BCUT2D eigenvalue weighted by Crippen LogP contribution is -2.53. The zero-order chi connectivity index (χ0) is 27.2. The molecule has 1 aliphatic rings. The van der Waals surface area contributed by atoms with Crippen LogP contribution >= 0.6 is 0 Å². The highest BCUT2D eigenvalue weighted by atomic mass is 32.2. The quantitative estimate of drug-likeness (QED) is 0.476. The molecule has 0 heterocycles. The average Bonchev–Trinajstić information content (AvgIpc) is 3.34. The van der Waals surface area contributed by atoms with Crippen molar-refractivity contribution in [1.82, 2.24) is 10.2 Å². The topological polar surface area (TPSA) is 96.0 Å². The number of anilines is 1. The molecule has 0 aliphatic heterocycles. The van der Waals surface area contributed by atoms with Crippen LogP contribution in [0.15, 0.2) is 42.5 Å². The summed E-state index contributed by atoms with van der Waals surface area (Å²) < 4.78 is 32.3. The summed E-state index contributed by atoms with van der Waals surface area (Å²) >= 11 is 0. The predicted octanol–water partition coefficient (Wildman–Crippen LogP) is 3.94. The molecule has 2 amide bonds. The Morgan fingerprint density at radius 1 is 1.08 bits per heavy atom. The fourth-order valence-corrected chi connectivity index (χ4v) is 5.73. The number of rotatable bonds is 11. The highest BCUT2D eigenvalue weighted by Gasteiger charge is 2.33. The molecule has 9 heteroatoms. The van der Waals surface area contributed by atoms with Crippen LogP contribution in [0.2, 0.25) is 0 Å². The van der Waals surface area contributed by atoms with Gasteiger partial charge in [-0.1, -0.05) is 55.7 Å². The Labute approximate surface area is 221 Å². The van der Waals surface area contributed by atoms with Crippen LogP contribution in [0.4, 0.5) is 5.69 Å². The first-order chi connectivity index (χ1) is 17.5. The number of carbonyl (C=O) groups is 2. The molecule has 1 unspecified atom stereocenters. The second-order valence-corrected chi connectivity index (χ2v) is 11.8. The van der Waals surface area contributed by atoms with E-state index in [4.69, 9.17) is 4.74 Å². The maximum atomic E-state index is 13.9. The maximum Gasteiger partial charge on any atom is 0.244 e. The van der Waals surface area contributed by atoms with E-state index in [1.165, 1.54) is 12.0 Å². The third-order valence-electron chi connectivity index (χ3n) is 6.81. The van der Waals surface area contributed by atoms with Gasteiger partial charge < -0.3 is 15.0 Å². The minimum Gasteiger partial charge on any atom is -0.495 e. The second-order valence-electron chi connectivity index (χ2n) is 9.87. The van der Waals surface area contributed by atoms with Gasteiger partial charge in [0, 0.05) is 12.6 Å². The molecule has 0 aromatic heterocycles. The molecule has 37 heavy (non-hydrogen) atoms. The van der Waals surface area contributed by atoms with Crippen molar-refractivity contribution in [3.8, 4) is 5.75 Å². The van der Waals surface area contributed by atoms with Gasteiger partial charge in [0.1, 0.15) is 18.3 Å². The van der Waals surface area contributed by atoms with E-state index in [1.807, 2.05) is 51.1 Å². The number of nitrogens with one attached hydrogen (secondary N) is 1. The van der Waals surface area contributed by atoms with E-state index in [0.29, 0.717) is 12.2 Å². The summed E-state index contributed by atoms with van der Waals surface area (Å²) in [4.78, 5) is 28.8. The van der Waals surface area contributed by atoms with Crippen LogP contribution < -0.4 is 14.4 Å². The summed E-state index contributed by atoms with van der Waals surface area (Å²) in [6.45, 7) is 5.43. The van der Waals surface area contributed by atoms with E-state index < -0.39 is 28.5 Å². The van der Waals surface area contributed by atoms with Crippen LogP contribution in [0.25, 0.3) is 0 Å². The minimum atomic E-state index is -3.84. The molecule has 0 saturated heterocycles. The zero-order valence-corrected chi connectivity index (χ0v) is 23.3. The lowest BCUT2D eigenvalue weighted by Gasteiger charge is -2.33. The van der Waals surface area contributed by atoms with Crippen molar-refractivity contribution in [3.05, 3.63) is 59.2 Å². The maximum absolute atomic E-state index is 13.9. The Balaban J connectivity index is 1.97. The Bertz CT molecular complexity index is 1210. The van der Waals surface area contributed by atoms with E-state index in [0.717, 1.165) is 52.9 Å². The number of amides is 2. The highest BCUT2D eigenvalue weighted by Crippen LogP contribution is 2.31. The molecule has 0 spiro atoms. The second kappa shape index (κ2) is 12.4.